The van der Waals surface area contributed by atoms with Crippen molar-refractivity contribution in [3.8, 4) is 5.75 Å². The van der Waals surface area contributed by atoms with Gasteiger partial charge in [0.1, 0.15) is 11.8 Å². The van der Waals surface area contributed by atoms with Crippen LogP contribution in [-0.4, -0.2) is 69.2 Å². The van der Waals surface area contributed by atoms with Gasteiger partial charge >= 0.3 is 16.8 Å². The monoisotopic (exact) mass is 719 g/mol. The van der Waals surface area contributed by atoms with Crippen molar-refractivity contribution in [1.29, 1.82) is 0 Å². The third kappa shape index (κ3) is 5.81. The molecule has 2 saturated carbocycles. The molecule has 262 valence electrons. The van der Waals surface area contributed by atoms with E-state index in [9.17, 15) is 33.9 Å². The number of carboxylic acid groups (broad SMARTS) is 1. The fourth-order valence-electron chi connectivity index (χ4n) is 8.57. The van der Waals surface area contributed by atoms with Gasteiger partial charge in [-0.3, -0.25) is 24.1 Å². The molecule has 3 N–H and O–H groups in total. The van der Waals surface area contributed by atoms with Crippen molar-refractivity contribution in [1.82, 2.24) is 9.88 Å². The molecule has 12 nitrogen and oxygen atoms in total. The molecular weight excluding hydrogens is 683 g/mol. The molecule has 3 fully saturated rings. The van der Waals surface area contributed by atoms with Crippen LogP contribution >= 0.6 is 23.1 Å². The first-order valence-electron chi connectivity index (χ1n) is 16.8. The van der Waals surface area contributed by atoms with Crippen molar-refractivity contribution in [2.45, 2.75) is 55.8 Å². The number of H-pyrrole nitrogens is 1. The second-order valence-electron chi connectivity index (χ2n) is 13.7. The van der Waals surface area contributed by atoms with Crippen LogP contribution in [-0.2, 0) is 23.9 Å². The molecule has 2 aromatic carbocycles. The number of hydrogen-bond acceptors (Lipinski definition) is 10. The van der Waals surface area contributed by atoms with Crippen LogP contribution in [0.4, 0.5) is 5.69 Å². The minimum atomic E-state index is -1.21. The number of likely N-dealkylation sites (tertiary alicyclic amines) is 1. The Kier molecular flexibility index (Phi) is 9.10. The number of nitrogens with zero attached hydrogens (tertiary/aromatic N) is 1. The number of esters is 1. The number of carbonyl (C=O) groups is 5. The molecule has 2 aliphatic carbocycles. The fourth-order valence-corrected chi connectivity index (χ4v) is 11.5. The molecule has 14 heteroatoms. The van der Waals surface area contributed by atoms with E-state index < -0.39 is 47.5 Å². The largest absolute Gasteiger partial charge is 0.483 e. The van der Waals surface area contributed by atoms with E-state index in [1.807, 2.05) is 26.0 Å². The van der Waals surface area contributed by atoms with E-state index in [0.717, 1.165) is 31.7 Å². The molecule has 1 aromatic heterocycles. The van der Waals surface area contributed by atoms with Crippen LogP contribution in [0.25, 0.3) is 0 Å². The van der Waals surface area contributed by atoms with E-state index in [-0.39, 0.29) is 59.3 Å². The van der Waals surface area contributed by atoms with Crippen LogP contribution in [0.5, 0.6) is 5.75 Å². The molecule has 2 aliphatic heterocycles. The standard InChI is InChI=1S/C36H37N3O9S2/c1-4-47-35(45)17-9-11-18(12-10-17)37-24(40)15-48-23-8-6-5-7-19(23)25-26-20-14-21(29(26)49-31-30(25)50-36(46)38-31)28-27(20)32(41)39(33(28)42)22(34(43)44)13-16(2)3/h5-12,16,20-22,25-29H,4,13-15H2,1-3H3,(H,37,40)(H,38,46)(H,43,44)/t20?,21?,22?,25-,26?,27?,28?,29?/m1/s1. The van der Waals surface area contributed by atoms with Crippen molar-refractivity contribution in [2.75, 3.05) is 18.5 Å². The Labute approximate surface area is 295 Å². The SMILES string of the molecule is CCOC(=O)c1ccc(NC(=O)COc2ccccc2[C@H]2c3sc(=O)[nH]c3SC3C4CC(C5C(=O)N(C(CC(C)C)C(=O)O)C(=O)C45)C32)cc1. The highest BCUT2D eigenvalue weighted by atomic mass is 32.2. The number of carbonyl (C=O) groups excluding carboxylic acids is 4. The molecule has 4 aliphatic rings. The number of rotatable bonds is 11. The summed E-state index contributed by atoms with van der Waals surface area (Å²) < 4.78 is 11.1. The molecule has 7 unspecified atom stereocenters. The van der Waals surface area contributed by atoms with E-state index in [2.05, 4.69) is 10.3 Å². The number of amides is 3. The van der Waals surface area contributed by atoms with Crippen LogP contribution in [0.3, 0.4) is 0 Å². The normalized spacial score (nSPS) is 26.7. The molecule has 3 aromatic rings. The van der Waals surface area contributed by atoms with Crippen molar-refractivity contribution < 1.29 is 38.6 Å². The number of hydrogen-bond donors (Lipinski definition) is 3. The lowest BCUT2D eigenvalue weighted by Gasteiger charge is -2.43. The average Bonchev–Trinajstić information content (AvgIpc) is 3.82. The number of para-hydroxylation sites is 1. The number of aromatic amines is 1. The number of fused-ring (bicyclic) bond motifs is 9. The molecule has 2 bridgehead atoms. The highest BCUT2D eigenvalue weighted by molar-refractivity contribution is 8.00. The quantitative estimate of drug-likeness (QED) is 0.188. The number of imide groups is 1. The van der Waals surface area contributed by atoms with Gasteiger partial charge in [-0.25, -0.2) is 9.59 Å². The molecule has 1 saturated heterocycles. The number of carboxylic acids is 1. The van der Waals surface area contributed by atoms with Crippen molar-refractivity contribution in [3.05, 3.63) is 74.2 Å². The van der Waals surface area contributed by atoms with E-state index >= 15 is 0 Å². The Morgan fingerprint density at radius 2 is 1.72 bits per heavy atom. The summed E-state index contributed by atoms with van der Waals surface area (Å²) in [4.78, 5) is 82.6. The fraction of sp³-hybridized carbons (Fsp3) is 0.444. The second kappa shape index (κ2) is 13.4. The zero-order valence-corrected chi connectivity index (χ0v) is 29.3. The average molecular weight is 720 g/mol. The first-order chi connectivity index (χ1) is 24.0. The van der Waals surface area contributed by atoms with Crippen LogP contribution in [0.1, 0.15) is 60.3 Å². The van der Waals surface area contributed by atoms with Crippen LogP contribution in [0.2, 0.25) is 0 Å². The van der Waals surface area contributed by atoms with Crippen LogP contribution < -0.4 is 14.9 Å². The maximum absolute atomic E-state index is 14.0. The van der Waals surface area contributed by atoms with Gasteiger partial charge in [-0.1, -0.05) is 43.4 Å². The summed E-state index contributed by atoms with van der Waals surface area (Å²) in [5.41, 5.74) is 1.62. The summed E-state index contributed by atoms with van der Waals surface area (Å²) in [7, 11) is 0. The van der Waals surface area contributed by atoms with Gasteiger partial charge in [0.15, 0.2) is 6.61 Å². The predicted molar refractivity (Wildman–Crippen MR) is 184 cm³/mol. The predicted octanol–water partition coefficient (Wildman–Crippen LogP) is 4.60. The lowest BCUT2D eigenvalue weighted by molar-refractivity contribution is -0.156. The highest BCUT2D eigenvalue weighted by Gasteiger charge is 2.70. The topological polar surface area (TPSA) is 172 Å². The first kappa shape index (κ1) is 34.0. The molecule has 8 atom stereocenters. The number of aromatic nitrogens is 1. The number of thioether (sulfide) groups is 1. The Bertz CT molecular complexity index is 1920. The maximum atomic E-state index is 14.0. The molecule has 0 spiro atoms. The maximum Gasteiger partial charge on any atom is 0.338 e. The molecule has 3 amide bonds. The molecular formula is C36H37N3O9S2. The van der Waals surface area contributed by atoms with Crippen LogP contribution in [0, 0.1) is 35.5 Å². The second-order valence-corrected chi connectivity index (χ2v) is 15.9. The summed E-state index contributed by atoms with van der Waals surface area (Å²) in [6, 6.07) is 12.5. The Hall–Kier alpha value is -4.43. The van der Waals surface area contributed by atoms with E-state index in [0.29, 0.717) is 23.4 Å². The Balaban J connectivity index is 1.15. The summed E-state index contributed by atoms with van der Waals surface area (Å²) >= 11 is 2.66. The lowest BCUT2D eigenvalue weighted by atomic mass is 9.68. The summed E-state index contributed by atoms with van der Waals surface area (Å²) in [5, 5.41) is 13.5. The Morgan fingerprint density at radius 3 is 2.40 bits per heavy atom. The third-order valence-corrected chi connectivity index (χ3v) is 12.9. The van der Waals surface area contributed by atoms with Gasteiger partial charge in [0.2, 0.25) is 11.8 Å². The summed E-state index contributed by atoms with van der Waals surface area (Å²) in [6.45, 7) is 5.41. The van der Waals surface area contributed by atoms with E-state index in [1.54, 1.807) is 55.1 Å². The number of ether oxygens (including phenoxy) is 2. The van der Waals surface area contributed by atoms with Crippen molar-refractivity contribution in [2.24, 2.45) is 35.5 Å². The number of anilines is 1. The number of aliphatic carboxylic acids is 1. The van der Waals surface area contributed by atoms with Crippen LogP contribution in [0.15, 0.2) is 58.4 Å². The summed E-state index contributed by atoms with van der Waals surface area (Å²) in [5.74, 6) is -4.50. The zero-order valence-electron chi connectivity index (χ0n) is 27.6. The minimum Gasteiger partial charge on any atom is -0.483 e. The van der Waals surface area contributed by atoms with Gasteiger partial charge in [0, 0.05) is 27.3 Å². The number of benzene rings is 2. The molecule has 50 heavy (non-hydrogen) atoms. The van der Waals surface area contributed by atoms with Gasteiger partial charge in [-0.15, -0.1) is 11.8 Å². The van der Waals surface area contributed by atoms with Gasteiger partial charge in [-0.05, 0) is 73.8 Å². The molecule has 3 heterocycles. The van der Waals surface area contributed by atoms with E-state index in [4.69, 9.17) is 9.47 Å². The highest BCUT2D eigenvalue weighted by Crippen LogP contribution is 2.69. The zero-order chi connectivity index (χ0) is 35.4. The lowest BCUT2D eigenvalue weighted by Crippen LogP contribution is -2.47. The van der Waals surface area contributed by atoms with Gasteiger partial charge in [0.05, 0.1) is 29.0 Å². The van der Waals surface area contributed by atoms with Gasteiger partial charge in [-0.2, -0.15) is 0 Å². The molecule has 0 radical (unpaired) electrons. The number of nitrogens with one attached hydrogen (secondary N) is 2. The Morgan fingerprint density at radius 1 is 1.02 bits per heavy atom. The van der Waals surface area contributed by atoms with Crippen molar-refractivity contribution >= 4 is 58.4 Å². The van der Waals surface area contributed by atoms with Gasteiger partial charge in [0.25, 0.3) is 5.91 Å². The van der Waals surface area contributed by atoms with E-state index in [1.165, 1.54) is 0 Å². The smallest absolute Gasteiger partial charge is 0.338 e. The summed E-state index contributed by atoms with van der Waals surface area (Å²) in [6.07, 6.45) is 0.836. The number of thiazole rings is 1. The minimum absolute atomic E-state index is 0.0281. The third-order valence-electron chi connectivity index (χ3n) is 10.3. The van der Waals surface area contributed by atoms with Gasteiger partial charge < -0.3 is 24.9 Å². The first-order valence-corrected chi connectivity index (χ1v) is 18.5. The molecule has 7 rings (SSSR count). The van der Waals surface area contributed by atoms with Crippen molar-refractivity contribution in [3.63, 3.8) is 0 Å².